The summed E-state index contributed by atoms with van der Waals surface area (Å²) in [5.41, 5.74) is 0.250. The van der Waals surface area contributed by atoms with Gasteiger partial charge >= 0.3 is 0 Å². The summed E-state index contributed by atoms with van der Waals surface area (Å²) in [6.45, 7) is 1.83. The van der Waals surface area contributed by atoms with Crippen LogP contribution in [0, 0.1) is 0 Å². The minimum atomic E-state index is -3.32. The van der Waals surface area contributed by atoms with Crippen LogP contribution in [0.25, 0.3) is 0 Å². The van der Waals surface area contributed by atoms with Gasteiger partial charge in [-0.05, 0) is 30.2 Å². The van der Waals surface area contributed by atoms with Gasteiger partial charge in [0.1, 0.15) is 0 Å². The lowest BCUT2D eigenvalue weighted by molar-refractivity contribution is 0.108. The zero-order chi connectivity index (χ0) is 11.5. The molecule has 0 spiro atoms. The molecule has 1 rings (SSSR count). The van der Waals surface area contributed by atoms with Crippen LogP contribution in [-0.2, 0) is 4.57 Å². The van der Waals surface area contributed by atoms with Gasteiger partial charge in [-0.3, -0.25) is 9.36 Å². The summed E-state index contributed by atoms with van der Waals surface area (Å²) in [7, 11) is -3.32. The van der Waals surface area contributed by atoms with Crippen molar-refractivity contribution in [2.45, 2.75) is 13.3 Å². The van der Waals surface area contributed by atoms with Crippen molar-refractivity contribution in [2.24, 2.45) is 0 Å². The highest BCUT2D eigenvalue weighted by Gasteiger charge is 2.20. The Morgan fingerprint density at radius 2 is 2.20 bits per heavy atom. The molecule has 0 aliphatic carbocycles. The molecule has 5 heteroatoms. The topological polar surface area (TPSA) is 54.4 Å². The monoisotopic (exact) mass is 246 g/mol. The van der Waals surface area contributed by atoms with E-state index in [1.165, 1.54) is 12.1 Å². The highest BCUT2D eigenvalue weighted by molar-refractivity contribution is 7.66. The van der Waals surface area contributed by atoms with E-state index in [0.717, 1.165) is 0 Å². The summed E-state index contributed by atoms with van der Waals surface area (Å²) < 4.78 is 11.8. The van der Waals surface area contributed by atoms with Gasteiger partial charge in [-0.2, -0.15) is 0 Å². The second kappa shape index (κ2) is 4.93. The van der Waals surface area contributed by atoms with Crippen LogP contribution >= 0.6 is 19.0 Å². The van der Waals surface area contributed by atoms with Crippen LogP contribution in [0.4, 0.5) is 0 Å². The fourth-order valence-corrected chi connectivity index (χ4v) is 2.92. The molecule has 0 heterocycles. The summed E-state index contributed by atoms with van der Waals surface area (Å²) in [5, 5.41) is -0.329. The average Bonchev–Trinajstić information content (AvgIpc) is 2.18. The maximum Gasteiger partial charge on any atom is 0.252 e. The highest BCUT2D eigenvalue weighted by atomic mass is 35.5. The van der Waals surface area contributed by atoms with Gasteiger partial charge in [-0.1, -0.05) is 19.1 Å². The molecule has 0 fully saturated rings. The molecule has 1 N–H and O–H groups in total. The Hall–Kier alpha value is -0.630. The Labute approximate surface area is 93.5 Å². The molecule has 3 nitrogen and oxygen atoms in total. The van der Waals surface area contributed by atoms with Gasteiger partial charge in [0.25, 0.3) is 5.24 Å². The van der Waals surface area contributed by atoms with Crippen LogP contribution in [-0.4, -0.2) is 16.3 Å². The van der Waals surface area contributed by atoms with Gasteiger partial charge < -0.3 is 4.89 Å². The number of hydrogen-bond acceptors (Lipinski definition) is 2. The van der Waals surface area contributed by atoms with Crippen LogP contribution in [0.2, 0.25) is 0 Å². The fraction of sp³-hybridized carbons (Fsp3) is 0.300. The van der Waals surface area contributed by atoms with Gasteiger partial charge in [0.05, 0.1) is 0 Å². The molecule has 0 aromatic heterocycles. The first-order valence-corrected chi connectivity index (χ1v) is 6.82. The van der Waals surface area contributed by atoms with E-state index < -0.39 is 12.6 Å². The minimum absolute atomic E-state index is 0.215. The van der Waals surface area contributed by atoms with E-state index in [9.17, 15) is 14.3 Å². The van der Waals surface area contributed by atoms with E-state index in [2.05, 4.69) is 0 Å². The van der Waals surface area contributed by atoms with Crippen molar-refractivity contribution < 1.29 is 14.3 Å². The first-order valence-electron chi connectivity index (χ1n) is 4.59. The number of rotatable bonds is 4. The van der Waals surface area contributed by atoms with Gasteiger partial charge in [-0.15, -0.1) is 0 Å². The zero-order valence-corrected chi connectivity index (χ0v) is 9.96. The molecular formula is C10H12ClO3P. The average molecular weight is 247 g/mol. The standard InChI is InChI=1S/C10H12ClO3P/c1-2-6-15(13,14)9-5-3-4-8(7-9)10(11)12/h3-5,7H,2,6H2,1H3,(H,13,14). The number of carbonyl (C=O) groups is 1. The van der Waals surface area contributed by atoms with Crippen molar-refractivity contribution in [2.75, 3.05) is 6.16 Å². The van der Waals surface area contributed by atoms with Gasteiger partial charge in [0.15, 0.2) is 0 Å². The molecule has 0 saturated heterocycles. The lowest BCUT2D eigenvalue weighted by Gasteiger charge is -2.10. The van der Waals surface area contributed by atoms with Gasteiger partial charge in [0.2, 0.25) is 7.37 Å². The third-order valence-electron chi connectivity index (χ3n) is 2.00. The van der Waals surface area contributed by atoms with Crippen LogP contribution in [0.5, 0.6) is 0 Å². The molecule has 1 atom stereocenters. The molecule has 82 valence electrons. The third-order valence-corrected chi connectivity index (χ3v) is 4.36. The van der Waals surface area contributed by atoms with E-state index in [4.69, 9.17) is 11.6 Å². The van der Waals surface area contributed by atoms with Crippen LogP contribution in [0.3, 0.4) is 0 Å². The van der Waals surface area contributed by atoms with E-state index in [1.54, 1.807) is 12.1 Å². The predicted molar refractivity (Wildman–Crippen MR) is 61.2 cm³/mol. The number of halogens is 1. The number of benzene rings is 1. The maximum absolute atomic E-state index is 11.8. The van der Waals surface area contributed by atoms with Crippen molar-refractivity contribution in [3.63, 3.8) is 0 Å². The lowest BCUT2D eigenvalue weighted by atomic mass is 10.2. The Kier molecular flexibility index (Phi) is 4.09. The Morgan fingerprint density at radius 1 is 1.53 bits per heavy atom. The van der Waals surface area contributed by atoms with Crippen molar-refractivity contribution in [1.29, 1.82) is 0 Å². The zero-order valence-electron chi connectivity index (χ0n) is 8.31. The second-order valence-corrected chi connectivity index (χ2v) is 5.96. The SMILES string of the molecule is CCCP(=O)(O)c1cccc(C(=O)Cl)c1. The van der Waals surface area contributed by atoms with E-state index >= 15 is 0 Å². The molecular weight excluding hydrogens is 235 g/mol. The lowest BCUT2D eigenvalue weighted by Crippen LogP contribution is -2.08. The van der Waals surface area contributed by atoms with E-state index in [1.807, 2.05) is 6.92 Å². The molecule has 1 unspecified atom stereocenters. The first-order chi connectivity index (χ1) is 6.97. The van der Waals surface area contributed by atoms with Crippen molar-refractivity contribution in [3.8, 4) is 0 Å². The van der Waals surface area contributed by atoms with Crippen molar-refractivity contribution in [3.05, 3.63) is 29.8 Å². The minimum Gasteiger partial charge on any atom is -0.341 e. The summed E-state index contributed by atoms with van der Waals surface area (Å²) in [6, 6.07) is 6.00. The van der Waals surface area contributed by atoms with E-state index in [-0.39, 0.29) is 17.0 Å². The summed E-state index contributed by atoms with van der Waals surface area (Å²) >= 11 is 5.29. The first kappa shape index (κ1) is 12.4. The molecule has 0 aliphatic heterocycles. The molecule has 0 aliphatic rings. The Bertz CT molecular complexity index is 417. The van der Waals surface area contributed by atoms with E-state index in [0.29, 0.717) is 6.42 Å². The Morgan fingerprint density at radius 3 is 2.73 bits per heavy atom. The maximum atomic E-state index is 11.8. The smallest absolute Gasteiger partial charge is 0.252 e. The molecule has 15 heavy (non-hydrogen) atoms. The molecule has 0 radical (unpaired) electrons. The fourth-order valence-electron chi connectivity index (χ4n) is 1.28. The molecule has 1 aromatic carbocycles. The van der Waals surface area contributed by atoms with Crippen LogP contribution < -0.4 is 5.30 Å². The number of hydrogen-bond donors (Lipinski definition) is 1. The third kappa shape index (κ3) is 3.16. The normalized spacial score (nSPS) is 14.6. The molecule has 0 bridgehead atoms. The highest BCUT2D eigenvalue weighted by Crippen LogP contribution is 2.39. The summed E-state index contributed by atoms with van der Waals surface area (Å²) in [4.78, 5) is 20.6. The van der Waals surface area contributed by atoms with Crippen LogP contribution in [0.15, 0.2) is 24.3 Å². The quantitative estimate of drug-likeness (QED) is 0.655. The molecule has 0 amide bonds. The van der Waals surface area contributed by atoms with Gasteiger partial charge in [0, 0.05) is 17.0 Å². The van der Waals surface area contributed by atoms with Crippen molar-refractivity contribution in [1.82, 2.24) is 0 Å². The number of carbonyl (C=O) groups excluding carboxylic acids is 1. The summed E-state index contributed by atoms with van der Waals surface area (Å²) in [6.07, 6.45) is 0.833. The summed E-state index contributed by atoms with van der Waals surface area (Å²) in [5.74, 6) is 0. The Balaban J connectivity index is 3.10. The van der Waals surface area contributed by atoms with Crippen LogP contribution in [0.1, 0.15) is 23.7 Å². The predicted octanol–water partition coefficient (Wildman–Crippen LogP) is 2.37. The largest absolute Gasteiger partial charge is 0.341 e. The second-order valence-electron chi connectivity index (χ2n) is 3.25. The molecule has 0 saturated carbocycles. The molecule has 1 aromatic rings. The van der Waals surface area contributed by atoms with Gasteiger partial charge in [-0.25, -0.2) is 0 Å². The van der Waals surface area contributed by atoms with Crippen molar-refractivity contribution >= 4 is 29.5 Å².